The maximum absolute atomic E-state index is 11.6. The van der Waals surface area contributed by atoms with E-state index in [0.29, 0.717) is 12.3 Å². The molecule has 0 saturated carbocycles. The van der Waals surface area contributed by atoms with Crippen LogP contribution in [0.2, 0.25) is 0 Å². The summed E-state index contributed by atoms with van der Waals surface area (Å²) < 4.78 is 38.6. The molecule has 0 bridgehead atoms. The summed E-state index contributed by atoms with van der Waals surface area (Å²) in [4.78, 5) is 3.92. The Labute approximate surface area is 75.8 Å². The molecule has 0 spiro atoms. The van der Waals surface area contributed by atoms with Gasteiger partial charge >= 0.3 is 6.36 Å². The number of nitrogens with zero attached hydrogens (tertiary/aromatic N) is 1. The number of aliphatic imine (C=N–C) groups is 1. The van der Waals surface area contributed by atoms with E-state index in [1.807, 2.05) is 0 Å². The van der Waals surface area contributed by atoms with E-state index in [-0.39, 0.29) is 5.92 Å². The van der Waals surface area contributed by atoms with Crippen molar-refractivity contribution in [3.63, 3.8) is 0 Å². The number of halogens is 3. The molecule has 0 saturated heterocycles. The summed E-state index contributed by atoms with van der Waals surface area (Å²) in [5.41, 5.74) is 0.444. The van der Waals surface area contributed by atoms with Crippen molar-refractivity contribution in [3.05, 3.63) is 0 Å². The third kappa shape index (κ3) is 6.57. The first kappa shape index (κ1) is 12.4. The van der Waals surface area contributed by atoms with Crippen molar-refractivity contribution in [2.45, 2.75) is 27.1 Å². The third-order valence-corrected chi connectivity index (χ3v) is 1.41. The lowest BCUT2D eigenvalue weighted by Crippen LogP contribution is -2.23. The first-order chi connectivity index (χ1) is 5.87. The van der Waals surface area contributed by atoms with E-state index < -0.39 is 13.0 Å². The molecule has 78 valence electrons. The number of alkyl halides is 3. The summed E-state index contributed by atoms with van der Waals surface area (Å²) in [6.45, 7) is 5.36. The quantitative estimate of drug-likeness (QED) is 0.635. The van der Waals surface area contributed by atoms with Crippen molar-refractivity contribution in [2.75, 3.05) is 13.2 Å². The fraction of sp³-hybridized carbons (Fsp3) is 0.875. The van der Waals surface area contributed by atoms with Crippen LogP contribution in [-0.2, 0) is 4.74 Å². The third-order valence-electron chi connectivity index (χ3n) is 1.41. The minimum atomic E-state index is -4.57. The van der Waals surface area contributed by atoms with E-state index in [1.165, 1.54) is 0 Å². The van der Waals surface area contributed by atoms with Crippen LogP contribution in [0.25, 0.3) is 0 Å². The second-order valence-electron chi connectivity index (χ2n) is 2.85. The normalized spacial score (nSPS) is 13.9. The lowest BCUT2D eigenvalue weighted by Gasteiger charge is -2.12. The van der Waals surface area contributed by atoms with E-state index in [4.69, 9.17) is 0 Å². The predicted octanol–water partition coefficient (Wildman–Crippen LogP) is 2.64. The van der Waals surface area contributed by atoms with Crippen molar-refractivity contribution < 1.29 is 17.9 Å². The molecule has 0 aliphatic carbocycles. The van der Waals surface area contributed by atoms with E-state index >= 15 is 0 Å². The highest BCUT2D eigenvalue weighted by Gasteiger charge is 2.29. The van der Waals surface area contributed by atoms with Crippen LogP contribution >= 0.6 is 0 Å². The fourth-order valence-corrected chi connectivity index (χ4v) is 0.754. The molecule has 2 nitrogen and oxygen atoms in total. The average molecular weight is 197 g/mol. The van der Waals surface area contributed by atoms with Gasteiger partial charge in [0.1, 0.15) is 0 Å². The fourth-order valence-electron chi connectivity index (χ4n) is 0.754. The van der Waals surface area contributed by atoms with Gasteiger partial charge in [-0.2, -0.15) is 0 Å². The van der Waals surface area contributed by atoms with Crippen molar-refractivity contribution in [2.24, 2.45) is 10.9 Å². The van der Waals surface area contributed by atoms with Gasteiger partial charge < -0.3 is 0 Å². The van der Waals surface area contributed by atoms with Gasteiger partial charge in [-0.15, -0.1) is 13.2 Å². The number of ether oxygens (including phenoxy) is 1. The Hall–Kier alpha value is -0.580. The summed E-state index contributed by atoms with van der Waals surface area (Å²) in [5.74, 6) is -0.0118. The highest BCUT2D eigenvalue weighted by molar-refractivity contribution is 5.87. The molecule has 0 aromatic rings. The van der Waals surface area contributed by atoms with Gasteiger partial charge in [0, 0.05) is 12.3 Å². The standard InChI is InChI=1S/C8H14F3NO/c1-4-12-7(6(2)3)5-13-8(9,10)11/h6H,4-5H2,1-3H3/b12-7-. The molecule has 0 rings (SSSR count). The molecule has 5 heteroatoms. The van der Waals surface area contributed by atoms with Gasteiger partial charge in [0.05, 0.1) is 6.61 Å². The molecule has 0 aromatic carbocycles. The van der Waals surface area contributed by atoms with Crippen molar-refractivity contribution in [1.29, 1.82) is 0 Å². The Morgan fingerprint density at radius 3 is 2.23 bits per heavy atom. The summed E-state index contributed by atoms with van der Waals surface area (Å²) in [5, 5.41) is 0. The molecule has 0 unspecified atom stereocenters. The Morgan fingerprint density at radius 1 is 1.38 bits per heavy atom. The molecular formula is C8H14F3NO. The van der Waals surface area contributed by atoms with Gasteiger partial charge in [0.25, 0.3) is 0 Å². The zero-order valence-corrected chi connectivity index (χ0v) is 7.98. The zero-order chi connectivity index (χ0) is 10.5. The predicted molar refractivity (Wildman–Crippen MR) is 44.8 cm³/mol. The van der Waals surface area contributed by atoms with Crippen LogP contribution in [-0.4, -0.2) is 25.2 Å². The Morgan fingerprint density at radius 2 is 1.92 bits per heavy atom. The SMILES string of the molecule is CC/N=C(/COC(F)(F)F)C(C)C. The van der Waals surface area contributed by atoms with Gasteiger partial charge in [-0.1, -0.05) is 13.8 Å². The van der Waals surface area contributed by atoms with E-state index in [9.17, 15) is 13.2 Å². The van der Waals surface area contributed by atoms with Gasteiger partial charge in [0.2, 0.25) is 0 Å². The van der Waals surface area contributed by atoms with Crippen LogP contribution in [0, 0.1) is 5.92 Å². The molecular weight excluding hydrogens is 183 g/mol. The maximum atomic E-state index is 11.6. The minimum absolute atomic E-state index is 0.0118. The molecule has 0 aromatic heterocycles. The lowest BCUT2D eigenvalue weighted by atomic mass is 10.1. The van der Waals surface area contributed by atoms with E-state index in [2.05, 4.69) is 9.73 Å². The second kappa shape index (κ2) is 5.21. The number of hydrogen-bond acceptors (Lipinski definition) is 2. The smallest absolute Gasteiger partial charge is 0.292 e. The monoisotopic (exact) mass is 197 g/mol. The van der Waals surface area contributed by atoms with Gasteiger partial charge in [0.15, 0.2) is 0 Å². The molecule has 0 N–H and O–H groups in total. The maximum Gasteiger partial charge on any atom is 0.522 e. The summed E-state index contributed by atoms with van der Waals surface area (Å²) in [7, 11) is 0. The van der Waals surface area contributed by atoms with Gasteiger partial charge in [-0.05, 0) is 12.8 Å². The van der Waals surface area contributed by atoms with Gasteiger partial charge in [-0.3, -0.25) is 9.73 Å². The Bertz CT molecular complexity index is 175. The Kier molecular flexibility index (Phi) is 4.98. The molecule has 0 aliphatic heterocycles. The van der Waals surface area contributed by atoms with Crippen molar-refractivity contribution in [3.8, 4) is 0 Å². The first-order valence-corrected chi connectivity index (χ1v) is 4.10. The molecule has 0 heterocycles. The molecule has 0 radical (unpaired) electrons. The van der Waals surface area contributed by atoms with E-state index in [0.717, 1.165) is 0 Å². The molecule has 0 atom stereocenters. The highest BCUT2D eigenvalue weighted by atomic mass is 19.4. The highest BCUT2D eigenvalue weighted by Crippen LogP contribution is 2.16. The van der Waals surface area contributed by atoms with Crippen LogP contribution in [0.4, 0.5) is 13.2 Å². The van der Waals surface area contributed by atoms with Crippen LogP contribution in [0.1, 0.15) is 20.8 Å². The van der Waals surface area contributed by atoms with Crippen LogP contribution in [0.5, 0.6) is 0 Å². The average Bonchev–Trinajstić information content (AvgIpc) is 1.95. The van der Waals surface area contributed by atoms with Crippen LogP contribution < -0.4 is 0 Å². The summed E-state index contributed by atoms with van der Waals surface area (Å²) in [6, 6.07) is 0. The van der Waals surface area contributed by atoms with E-state index in [1.54, 1.807) is 20.8 Å². The second-order valence-corrected chi connectivity index (χ2v) is 2.85. The zero-order valence-electron chi connectivity index (χ0n) is 7.98. The largest absolute Gasteiger partial charge is 0.522 e. The molecule has 13 heavy (non-hydrogen) atoms. The molecule has 0 amide bonds. The van der Waals surface area contributed by atoms with Crippen molar-refractivity contribution >= 4 is 5.71 Å². The van der Waals surface area contributed by atoms with Crippen LogP contribution in [0.3, 0.4) is 0 Å². The van der Waals surface area contributed by atoms with Crippen molar-refractivity contribution in [1.82, 2.24) is 0 Å². The Balaban J connectivity index is 4.06. The summed E-state index contributed by atoms with van der Waals surface area (Å²) >= 11 is 0. The summed E-state index contributed by atoms with van der Waals surface area (Å²) in [6.07, 6.45) is -4.57. The number of rotatable bonds is 4. The first-order valence-electron chi connectivity index (χ1n) is 4.10. The minimum Gasteiger partial charge on any atom is -0.292 e. The van der Waals surface area contributed by atoms with Gasteiger partial charge in [-0.25, -0.2) is 0 Å². The number of hydrogen-bond donors (Lipinski definition) is 0. The molecule has 0 aliphatic rings. The molecule has 0 fully saturated rings. The topological polar surface area (TPSA) is 21.6 Å². The lowest BCUT2D eigenvalue weighted by molar-refractivity contribution is -0.318. The van der Waals surface area contributed by atoms with Crippen LogP contribution in [0.15, 0.2) is 4.99 Å².